The summed E-state index contributed by atoms with van der Waals surface area (Å²) in [6, 6.07) is 19.9. The first-order valence-electron chi connectivity index (χ1n) is 10.4. The van der Waals surface area contributed by atoms with E-state index in [0.29, 0.717) is 33.3 Å². The number of anilines is 4. The fraction of sp³-hybridized carbons (Fsp3) is 0.0400. The molecule has 0 aliphatic carbocycles. The van der Waals surface area contributed by atoms with Crippen molar-refractivity contribution in [3.8, 4) is 17.5 Å². The van der Waals surface area contributed by atoms with Gasteiger partial charge in [0.1, 0.15) is 11.3 Å². The predicted octanol–water partition coefficient (Wildman–Crippen LogP) is 5.22. The zero-order valence-corrected chi connectivity index (χ0v) is 18.9. The van der Waals surface area contributed by atoms with Gasteiger partial charge in [0.15, 0.2) is 5.13 Å². The third-order valence-electron chi connectivity index (χ3n) is 5.28. The maximum Gasteiger partial charge on any atom is 0.255 e. The number of nitrogens with one attached hydrogen (secondary N) is 2. The van der Waals surface area contributed by atoms with E-state index in [9.17, 15) is 4.79 Å². The van der Waals surface area contributed by atoms with Crippen molar-refractivity contribution in [3.05, 3.63) is 89.1 Å². The molecule has 0 radical (unpaired) electrons. The van der Waals surface area contributed by atoms with Crippen molar-refractivity contribution in [2.45, 2.75) is 6.92 Å². The minimum absolute atomic E-state index is 0.233. The molecule has 3 heterocycles. The Morgan fingerprint density at radius 1 is 1.12 bits per heavy atom. The molecular formula is C25H19N7OS. The molecule has 0 aliphatic rings. The Balaban J connectivity index is 1.32. The second kappa shape index (κ2) is 8.69. The number of nitrogens with two attached hydrogens (primary N) is 1. The molecule has 2 aromatic carbocycles. The maximum atomic E-state index is 12.5. The summed E-state index contributed by atoms with van der Waals surface area (Å²) in [4.78, 5) is 21.8. The molecular weight excluding hydrogens is 446 g/mol. The molecule has 4 N–H and O–H groups in total. The number of benzene rings is 2. The van der Waals surface area contributed by atoms with Crippen LogP contribution in [0.2, 0.25) is 0 Å². The Kier molecular flexibility index (Phi) is 5.41. The van der Waals surface area contributed by atoms with Crippen LogP contribution < -0.4 is 16.4 Å². The summed E-state index contributed by atoms with van der Waals surface area (Å²) in [5.74, 6) is -0.233. The molecule has 8 nitrogen and oxygen atoms in total. The number of pyridine rings is 1. The molecule has 0 spiro atoms. The second-order valence-electron chi connectivity index (χ2n) is 7.58. The van der Waals surface area contributed by atoms with Crippen LogP contribution in [0.1, 0.15) is 21.6 Å². The van der Waals surface area contributed by atoms with E-state index < -0.39 is 0 Å². The molecule has 0 aliphatic heterocycles. The molecule has 0 saturated carbocycles. The molecule has 9 heteroatoms. The van der Waals surface area contributed by atoms with Crippen molar-refractivity contribution in [1.82, 2.24) is 14.4 Å². The summed E-state index contributed by atoms with van der Waals surface area (Å²) in [5.41, 5.74) is 12.1. The van der Waals surface area contributed by atoms with Crippen molar-refractivity contribution in [2.75, 3.05) is 16.4 Å². The first-order valence-corrected chi connectivity index (χ1v) is 11.3. The highest BCUT2D eigenvalue weighted by atomic mass is 32.1. The number of imidazole rings is 1. The number of aryl methyl sites for hydroxylation is 1. The first-order chi connectivity index (χ1) is 16.5. The number of hydrogen-bond donors (Lipinski definition) is 3. The van der Waals surface area contributed by atoms with E-state index in [1.807, 2.05) is 47.2 Å². The van der Waals surface area contributed by atoms with Crippen LogP contribution in [0.4, 0.5) is 22.2 Å². The van der Waals surface area contributed by atoms with Crippen molar-refractivity contribution in [3.63, 3.8) is 0 Å². The van der Waals surface area contributed by atoms with Crippen LogP contribution in [-0.4, -0.2) is 20.3 Å². The molecule has 3 aromatic heterocycles. The molecule has 1 amide bonds. The number of carbonyl (C=O) groups is 1. The van der Waals surface area contributed by atoms with Crippen molar-refractivity contribution >= 4 is 45.1 Å². The third kappa shape index (κ3) is 4.05. The minimum Gasteiger partial charge on any atom is -0.397 e. The standard InChI is InChI=1S/C25H19N7OS/c1-15-23(32-11-10-16(13-26)12-22(32)28-15)21-14-34-25(31-21)29-18-8-6-17(7-9-18)24(33)30-20-5-3-2-4-19(20)27/h2-12,14H,27H2,1H3,(H,29,31)(H,30,33). The fourth-order valence-corrected chi connectivity index (χ4v) is 4.33. The maximum absolute atomic E-state index is 12.5. The van der Waals surface area contributed by atoms with Crippen LogP contribution in [0, 0.1) is 18.3 Å². The van der Waals surface area contributed by atoms with Gasteiger partial charge in [0.05, 0.1) is 34.4 Å². The van der Waals surface area contributed by atoms with E-state index in [2.05, 4.69) is 21.7 Å². The van der Waals surface area contributed by atoms with Gasteiger partial charge in [-0.2, -0.15) is 5.26 Å². The lowest BCUT2D eigenvalue weighted by Gasteiger charge is -2.08. The van der Waals surface area contributed by atoms with Gasteiger partial charge in [0.2, 0.25) is 0 Å². The zero-order valence-electron chi connectivity index (χ0n) is 18.1. The molecule has 34 heavy (non-hydrogen) atoms. The minimum atomic E-state index is -0.233. The molecule has 0 unspecified atom stereocenters. The quantitative estimate of drug-likeness (QED) is 0.306. The van der Waals surface area contributed by atoms with E-state index in [1.165, 1.54) is 11.3 Å². The van der Waals surface area contributed by atoms with Gasteiger partial charge in [0, 0.05) is 22.8 Å². The molecule has 0 bridgehead atoms. The number of rotatable bonds is 5. The third-order valence-corrected chi connectivity index (χ3v) is 6.04. The van der Waals surface area contributed by atoms with Crippen LogP contribution in [0.25, 0.3) is 17.0 Å². The highest BCUT2D eigenvalue weighted by Crippen LogP contribution is 2.30. The lowest BCUT2D eigenvalue weighted by atomic mass is 10.2. The van der Waals surface area contributed by atoms with Gasteiger partial charge in [-0.25, -0.2) is 9.97 Å². The average molecular weight is 466 g/mol. The van der Waals surface area contributed by atoms with E-state index in [-0.39, 0.29) is 5.91 Å². The van der Waals surface area contributed by atoms with Gasteiger partial charge < -0.3 is 16.4 Å². The van der Waals surface area contributed by atoms with E-state index in [1.54, 1.807) is 36.4 Å². The topological polar surface area (TPSA) is 121 Å². The smallest absolute Gasteiger partial charge is 0.255 e. The van der Waals surface area contributed by atoms with Crippen LogP contribution in [0.5, 0.6) is 0 Å². The van der Waals surface area contributed by atoms with Crippen LogP contribution >= 0.6 is 11.3 Å². The van der Waals surface area contributed by atoms with Gasteiger partial charge in [-0.1, -0.05) is 12.1 Å². The van der Waals surface area contributed by atoms with Crippen molar-refractivity contribution in [1.29, 1.82) is 5.26 Å². The van der Waals surface area contributed by atoms with E-state index in [4.69, 9.17) is 16.0 Å². The number of amides is 1. The number of aromatic nitrogens is 3. The number of fused-ring (bicyclic) bond motifs is 1. The summed E-state index contributed by atoms with van der Waals surface area (Å²) < 4.78 is 1.93. The van der Waals surface area contributed by atoms with Crippen molar-refractivity contribution in [2.24, 2.45) is 0 Å². The average Bonchev–Trinajstić information content (AvgIpc) is 3.43. The number of nitriles is 1. The monoisotopic (exact) mass is 465 g/mol. The van der Waals surface area contributed by atoms with Gasteiger partial charge in [-0.15, -0.1) is 11.3 Å². The summed E-state index contributed by atoms with van der Waals surface area (Å²) in [6.45, 7) is 1.92. The number of thiazole rings is 1. The Labute approximate surface area is 199 Å². The summed E-state index contributed by atoms with van der Waals surface area (Å²) in [6.07, 6.45) is 1.84. The molecule has 166 valence electrons. The molecule has 5 rings (SSSR count). The number of hydrogen-bond acceptors (Lipinski definition) is 7. The molecule has 0 fully saturated rings. The number of carbonyl (C=O) groups excluding carboxylic acids is 1. The predicted molar refractivity (Wildman–Crippen MR) is 134 cm³/mol. The SMILES string of the molecule is Cc1nc2cc(C#N)ccn2c1-c1csc(Nc2ccc(C(=O)Nc3ccccc3N)cc2)n1. The molecule has 5 aromatic rings. The number of nitrogens with zero attached hydrogens (tertiary/aromatic N) is 4. The lowest BCUT2D eigenvalue weighted by molar-refractivity contribution is 0.102. The highest BCUT2D eigenvalue weighted by Gasteiger charge is 2.15. The van der Waals surface area contributed by atoms with Gasteiger partial charge in [-0.05, 0) is 55.5 Å². The van der Waals surface area contributed by atoms with Gasteiger partial charge in [0.25, 0.3) is 5.91 Å². The van der Waals surface area contributed by atoms with Gasteiger partial charge >= 0.3 is 0 Å². The zero-order chi connectivity index (χ0) is 23.7. The Hall–Kier alpha value is -4.68. The largest absolute Gasteiger partial charge is 0.397 e. The van der Waals surface area contributed by atoms with Crippen LogP contribution in [-0.2, 0) is 0 Å². The normalized spacial score (nSPS) is 10.7. The summed E-state index contributed by atoms with van der Waals surface area (Å²) >= 11 is 1.47. The fourth-order valence-electron chi connectivity index (χ4n) is 3.61. The lowest BCUT2D eigenvalue weighted by Crippen LogP contribution is -2.13. The van der Waals surface area contributed by atoms with E-state index in [0.717, 1.165) is 22.8 Å². The molecule has 0 saturated heterocycles. The summed E-state index contributed by atoms with van der Waals surface area (Å²) in [5, 5.41) is 17.9. The van der Waals surface area contributed by atoms with Crippen molar-refractivity contribution < 1.29 is 4.79 Å². The Morgan fingerprint density at radius 2 is 1.91 bits per heavy atom. The highest BCUT2D eigenvalue weighted by molar-refractivity contribution is 7.14. The van der Waals surface area contributed by atoms with E-state index >= 15 is 0 Å². The second-order valence-corrected chi connectivity index (χ2v) is 8.44. The number of para-hydroxylation sites is 2. The van der Waals surface area contributed by atoms with Crippen LogP contribution in [0.3, 0.4) is 0 Å². The number of nitrogen functional groups attached to an aromatic ring is 1. The first kappa shape index (κ1) is 21.2. The van der Waals surface area contributed by atoms with Crippen LogP contribution in [0.15, 0.2) is 72.2 Å². The Bertz CT molecular complexity index is 1560. The summed E-state index contributed by atoms with van der Waals surface area (Å²) in [7, 11) is 0. The Morgan fingerprint density at radius 3 is 2.68 bits per heavy atom. The molecule has 0 atom stereocenters. The van der Waals surface area contributed by atoms with Gasteiger partial charge in [-0.3, -0.25) is 9.20 Å².